The lowest BCUT2D eigenvalue weighted by molar-refractivity contribution is -0.115. The third-order valence-corrected chi connectivity index (χ3v) is 5.16. The van der Waals surface area contributed by atoms with Gasteiger partial charge in [0.25, 0.3) is 0 Å². The average molecular weight is 351 g/mol. The Morgan fingerprint density at radius 1 is 1.12 bits per heavy atom. The van der Waals surface area contributed by atoms with E-state index in [1.807, 2.05) is 74.1 Å². The molecule has 0 aliphatic rings. The molecule has 1 aromatic heterocycles. The molecular formula is C20H21N3OS. The number of hydrogen-bond acceptors (Lipinski definition) is 3. The first-order chi connectivity index (χ1) is 12.0. The molecule has 1 amide bonds. The predicted molar refractivity (Wildman–Crippen MR) is 103 cm³/mol. The minimum atomic E-state index is -0.372. The molecule has 0 bridgehead atoms. The van der Waals surface area contributed by atoms with Gasteiger partial charge in [0, 0.05) is 25.1 Å². The first-order valence-electron chi connectivity index (χ1n) is 8.11. The summed E-state index contributed by atoms with van der Waals surface area (Å²) in [5.74, 6) is -0.0517. The van der Waals surface area contributed by atoms with Crippen LogP contribution in [0.25, 0.3) is 0 Å². The second-order valence-corrected chi connectivity index (χ2v) is 7.17. The number of aryl methyl sites for hydroxylation is 3. The fraction of sp³-hybridized carbons (Fsp3) is 0.200. The molecule has 0 aliphatic carbocycles. The van der Waals surface area contributed by atoms with Crippen LogP contribution in [0.1, 0.15) is 21.9 Å². The number of carbonyl (C=O) groups is 1. The lowest BCUT2D eigenvalue weighted by Gasteiger charge is -2.17. The first-order valence-corrected chi connectivity index (χ1v) is 8.99. The zero-order chi connectivity index (χ0) is 17.8. The van der Waals surface area contributed by atoms with Gasteiger partial charge in [-0.05, 0) is 42.7 Å². The fourth-order valence-corrected chi connectivity index (χ4v) is 3.75. The highest BCUT2D eigenvalue weighted by atomic mass is 32.2. The van der Waals surface area contributed by atoms with Gasteiger partial charge in [-0.15, -0.1) is 0 Å². The quantitative estimate of drug-likeness (QED) is 0.688. The first kappa shape index (κ1) is 17.3. The number of imidazole rings is 1. The monoisotopic (exact) mass is 351 g/mol. The van der Waals surface area contributed by atoms with E-state index in [0.717, 1.165) is 27.5 Å². The van der Waals surface area contributed by atoms with Gasteiger partial charge < -0.3 is 9.88 Å². The lowest BCUT2D eigenvalue weighted by atomic mass is 10.1. The van der Waals surface area contributed by atoms with Crippen molar-refractivity contribution in [3.05, 3.63) is 77.6 Å². The van der Waals surface area contributed by atoms with Gasteiger partial charge in [-0.3, -0.25) is 4.79 Å². The van der Waals surface area contributed by atoms with Crippen molar-refractivity contribution in [3.8, 4) is 0 Å². The van der Waals surface area contributed by atoms with Gasteiger partial charge in [0.05, 0.1) is 0 Å². The Morgan fingerprint density at radius 3 is 2.40 bits per heavy atom. The molecule has 3 rings (SSSR count). The van der Waals surface area contributed by atoms with E-state index in [9.17, 15) is 4.79 Å². The topological polar surface area (TPSA) is 46.9 Å². The van der Waals surface area contributed by atoms with Gasteiger partial charge in [0.1, 0.15) is 5.25 Å². The number of benzene rings is 2. The molecule has 1 heterocycles. The maximum absolute atomic E-state index is 13.0. The lowest BCUT2D eigenvalue weighted by Crippen LogP contribution is -2.19. The SMILES string of the molecule is Cc1cc(C)cc(NC(=O)C(Sc2nccn2C)c2ccccc2)c1. The van der Waals surface area contributed by atoms with E-state index in [1.165, 1.54) is 11.8 Å². The Kier molecular flexibility index (Phi) is 5.24. The summed E-state index contributed by atoms with van der Waals surface area (Å²) >= 11 is 1.45. The summed E-state index contributed by atoms with van der Waals surface area (Å²) in [6.45, 7) is 4.06. The minimum absolute atomic E-state index is 0.0517. The Labute approximate surface area is 152 Å². The molecule has 1 unspecified atom stereocenters. The summed E-state index contributed by atoms with van der Waals surface area (Å²) in [7, 11) is 1.93. The van der Waals surface area contributed by atoms with Gasteiger partial charge in [0.15, 0.2) is 5.16 Å². The molecule has 0 fully saturated rings. The molecule has 5 heteroatoms. The smallest absolute Gasteiger partial charge is 0.242 e. The van der Waals surface area contributed by atoms with Crippen molar-refractivity contribution in [2.45, 2.75) is 24.3 Å². The van der Waals surface area contributed by atoms with E-state index < -0.39 is 0 Å². The standard InChI is InChI=1S/C20H21N3OS/c1-14-11-15(2)13-17(12-14)22-19(24)18(16-7-5-4-6-8-16)25-20-21-9-10-23(20)3/h4-13,18H,1-3H3,(H,22,24). The number of anilines is 1. The number of nitrogens with zero attached hydrogens (tertiary/aromatic N) is 2. The van der Waals surface area contributed by atoms with Crippen LogP contribution in [0.4, 0.5) is 5.69 Å². The van der Waals surface area contributed by atoms with Crippen molar-refractivity contribution in [2.24, 2.45) is 7.05 Å². The molecule has 128 valence electrons. The molecule has 0 saturated heterocycles. The van der Waals surface area contributed by atoms with Gasteiger partial charge >= 0.3 is 0 Å². The van der Waals surface area contributed by atoms with Crippen molar-refractivity contribution >= 4 is 23.4 Å². The molecule has 3 aromatic rings. The van der Waals surface area contributed by atoms with Gasteiger partial charge in [-0.2, -0.15) is 0 Å². The minimum Gasteiger partial charge on any atom is -0.329 e. The van der Waals surface area contributed by atoms with E-state index in [2.05, 4.69) is 16.4 Å². The normalized spacial score (nSPS) is 12.0. The van der Waals surface area contributed by atoms with Gasteiger partial charge in [0.2, 0.25) is 5.91 Å². The molecule has 0 radical (unpaired) electrons. The van der Waals surface area contributed by atoms with Crippen molar-refractivity contribution in [2.75, 3.05) is 5.32 Å². The zero-order valence-corrected chi connectivity index (χ0v) is 15.4. The summed E-state index contributed by atoms with van der Waals surface area (Å²) in [5, 5.41) is 3.49. The number of aromatic nitrogens is 2. The van der Waals surface area contributed by atoms with Crippen LogP contribution in [0.3, 0.4) is 0 Å². The molecule has 2 aromatic carbocycles. The Hall–Kier alpha value is -2.53. The fourth-order valence-electron chi connectivity index (χ4n) is 2.73. The molecule has 0 aliphatic heterocycles. The van der Waals surface area contributed by atoms with Crippen molar-refractivity contribution in [1.82, 2.24) is 9.55 Å². The largest absolute Gasteiger partial charge is 0.329 e. The predicted octanol–water partition coefficient (Wildman–Crippen LogP) is 4.51. The Balaban J connectivity index is 1.88. The molecule has 0 spiro atoms. The summed E-state index contributed by atoms with van der Waals surface area (Å²) in [6, 6.07) is 15.9. The van der Waals surface area contributed by atoms with Crippen molar-refractivity contribution < 1.29 is 4.79 Å². The second kappa shape index (κ2) is 7.57. The number of nitrogens with one attached hydrogen (secondary N) is 1. The highest BCUT2D eigenvalue weighted by molar-refractivity contribution is 8.00. The molecule has 0 saturated carbocycles. The number of carbonyl (C=O) groups excluding carboxylic acids is 1. The van der Waals surface area contributed by atoms with Gasteiger partial charge in [-0.1, -0.05) is 48.2 Å². The van der Waals surface area contributed by atoms with E-state index in [-0.39, 0.29) is 11.2 Å². The molecule has 4 nitrogen and oxygen atoms in total. The zero-order valence-electron chi connectivity index (χ0n) is 14.6. The third-order valence-electron chi connectivity index (χ3n) is 3.83. The van der Waals surface area contributed by atoms with Crippen LogP contribution in [-0.4, -0.2) is 15.5 Å². The van der Waals surface area contributed by atoms with Crippen LogP contribution < -0.4 is 5.32 Å². The highest BCUT2D eigenvalue weighted by Crippen LogP contribution is 2.35. The molecule has 1 atom stereocenters. The van der Waals surface area contributed by atoms with E-state index in [0.29, 0.717) is 0 Å². The van der Waals surface area contributed by atoms with Crippen LogP contribution in [-0.2, 0) is 11.8 Å². The summed E-state index contributed by atoms with van der Waals surface area (Å²) in [6.07, 6.45) is 3.62. The summed E-state index contributed by atoms with van der Waals surface area (Å²) in [5.41, 5.74) is 4.04. The third kappa shape index (κ3) is 4.31. The highest BCUT2D eigenvalue weighted by Gasteiger charge is 2.24. The summed E-state index contributed by atoms with van der Waals surface area (Å²) in [4.78, 5) is 17.3. The van der Waals surface area contributed by atoms with E-state index in [1.54, 1.807) is 6.20 Å². The maximum Gasteiger partial charge on any atom is 0.242 e. The van der Waals surface area contributed by atoms with Crippen LogP contribution >= 0.6 is 11.8 Å². The van der Waals surface area contributed by atoms with Crippen LogP contribution in [0.2, 0.25) is 0 Å². The van der Waals surface area contributed by atoms with Crippen LogP contribution in [0.5, 0.6) is 0 Å². The Bertz CT molecular complexity index is 853. The number of thioether (sulfide) groups is 1. The average Bonchev–Trinajstić information content (AvgIpc) is 2.97. The molecular weight excluding hydrogens is 330 g/mol. The Morgan fingerprint density at radius 2 is 1.80 bits per heavy atom. The second-order valence-electron chi connectivity index (χ2n) is 6.09. The number of amides is 1. The van der Waals surface area contributed by atoms with Gasteiger partial charge in [-0.25, -0.2) is 4.98 Å². The molecule has 25 heavy (non-hydrogen) atoms. The van der Waals surface area contributed by atoms with E-state index in [4.69, 9.17) is 0 Å². The number of rotatable bonds is 5. The van der Waals surface area contributed by atoms with E-state index >= 15 is 0 Å². The molecule has 1 N–H and O–H groups in total. The van der Waals surface area contributed by atoms with Crippen LogP contribution in [0.15, 0.2) is 66.1 Å². The maximum atomic E-state index is 13.0. The number of hydrogen-bond donors (Lipinski definition) is 1. The van der Waals surface area contributed by atoms with Crippen molar-refractivity contribution in [1.29, 1.82) is 0 Å². The van der Waals surface area contributed by atoms with Crippen molar-refractivity contribution in [3.63, 3.8) is 0 Å². The van der Waals surface area contributed by atoms with Crippen LogP contribution in [0, 0.1) is 13.8 Å². The summed E-state index contributed by atoms with van der Waals surface area (Å²) < 4.78 is 1.92.